The van der Waals surface area contributed by atoms with E-state index in [0.29, 0.717) is 29.9 Å². The number of benzene rings is 1. The molecule has 2 aliphatic rings. The van der Waals surface area contributed by atoms with Crippen LogP contribution in [0.1, 0.15) is 105 Å². The van der Waals surface area contributed by atoms with Gasteiger partial charge in [0, 0.05) is 35.7 Å². The molecule has 5 rings (SSSR count). The SMILES string of the molecule is C[C@@H]1CCCC[C@H]1n1c(Cc2cccs2)nc2cc(C(=O)CC(CC(=O)O)C3CCCCC3)ccc21. The summed E-state index contributed by atoms with van der Waals surface area (Å²) in [5.41, 5.74) is 2.67. The Morgan fingerprint density at radius 3 is 2.56 bits per heavy atom. The fourth-order valence-electron chi connectivity index (χ4n) is 6.66. The molecule has 1 unspecified atom stereocenters. The lowest BCUT2D eigenvalue weighted by Gasteiger charge is -2.31. The summed E-state index contributed by atoms with van der Waals surface area (Å²) in [6.07, 6.45) is 11.7. The molecule has 0 spiro atoms. The smallest absolute Gasteiger partial charge is 0.303 e. The van der Waals surface area contributed by atoms with E-state index in [0.717, 1.165) is 49.0 Å². The fraction of sp³-hybridized carbons (Fsp3) is 0.567. The molecule has 192 valence electrons. The number of carbonyl (C=O) groups is 2. The largest absolute Gasteiger partial charge is 0.481 e. The standard InChI is InChI=1S/C30H38N2O3S/c1-20-8-5-6-12-26(20)32-27-14-13-22(16-25(27)31-29(32)19-24-11-7-15-36-24)28(33)17-23(18-30(34)35)21-9-3-2-4-10-21/h7,11,13-16,20-21,23,26H,2-6,8-10,12,17-19H2,1H3,(H,34,35)/t20-,23?,26-/m1/s1. The number of hydrogen-bond donors (Lipinski definition) is 1. The van der Waals surface area contributed by atoms with Gasteiger partial charge >= 0.3 is 5.97 Å². The number of aliphatic carboxylic acids is 1. The van der Waals surface area contributed by atoms with Crippen LogP contribution in [-0.4, -0.2) is 26.4 Å². The predicted molar refractivity (Wildman–Crippen MR) is 145 cm³/mol. The van der Waals surface area contributed by atoms with E-state index in [1.807, 2.05) is 12.1 Å². The number of fused-ring (bicyclic) bond motifs is 1. The van der Waals surface area contributed by atoms with E-state index in [4.69, 9.17) is 4.98 Å². The Bertz CT molecular complexity index is 1190. The van der Waals surface area contributed by atoms with Gasteiger partial charge in [-0.3, -0.25) is 9.59 Å². The minimum Gasteiger partial charge on any atom is -0.481 e. The highest BCUT2D eigenvalue weighted by Gasteiger charge is 2.30. The van der Waals surface area contributed by atoms with E-state index in [9.17, 15) is 14.7 Å². The van der Waals surface area contributed by atoms with E-state index >= 15 is 0 Å². The van der Waals surface area contributed by atoms with Crippen LogP contribution in [0.25, 0.3) is 11.0 Å². The molecule has 0 radical (unpaired) electrons. The normalized spacial score (nSPS) is 22.0. The molecule has 1 N–H and O–H groups in total. The van der Waals surface area contributed by atoms with Crippen LogP contribution in [0.4, 0.5) is 0 Å². The maximum atomic E-state index is 13.4. The summed E-state index contributed by atoms with van der Waals surface area (Å²) in [5, 5.41) is 11.6. The molecule has 36 heavy (non-hydrogen) atoms. The third-order valence-electron chi connectivity index (χ3n) is 8.60. The number of carbonyl (C=O) groups excluding carboxylic acids is 1. The Morgan fingerprint density at radius 1 is 1.06 bits per heavy atom. The quantitative estimate of drug-likeness (QED) is 0.302. The maximum absolute atomic E-state index is 13.4. The molecule has 3 atom stereocenters. The second-order valence-electron chi connectivity index (χ2n) is 11.1. The van der Waals surface area contributed by atoms with Crippen molar-refractivity contribution in [2.75, 3.05) is 0 Å². The number of rotatable bonds is 9. The van der Waals surface area contributed by atoms with Crippen molar-refractivity contribution in [1.82, 2.24) is 9.55 Å². The van der Waals surface area contributed by atoms with Crippen LogP contribution in [-0.2, 0) is 11.2 Å². The molecule has 2 heterocycles. The van der Waals surface area contributed by atoms with Gasteiger partial charge in [-0.25, -0.2) is 4.98 Å². The van der Waals surface area contributed by atoms with E-state index in [1.165, 1.54) is 37.0 Å². The first-order valence-corrected chi connectivity index (χ1v) is 14.7. The Balaban J connectivity index is 1.44. The summed E-state index contributed by atoms with van der Waals surface area (Å²) in [6.45, 7) is 2.36. The first-order chi connectivity index (χ1) is 17.5. The summed E-state index contributed by atoms with van der Waals surface area (Å²) in [5.74, 6) is 1.20. The summed E-state index contributed by atoms with van der Waals surface area (Å²) < 4.78 is 2.46. The van der Waals surface area contributed by atoms with Crippen molar-refractivity contribution < 1.29 is 14.7 Å². The van der Waals surface area contributed by atoms with Crippen LogP contribution in [0.15, 0.2) is 35.7 Å². The highest BCUT2D eigenvalue weighted by atomic mass is 32.1. The van der Waals surface area contributed by atoms with E-state index in [1.54, 1.807) is 11.3 Å². The number of carboxylic acid groups (broad SMARTS) is 1. The number of ketones is 1. The van der Waals surface area contributed by atoms with Crippen molar-refractivity contribution in [3.8, 4) is 0 Å². The van der Waals surface area contributed by atoms with Gasteiger partial charge in [0.05, 0.1) is 11.0 Å². The average Bonchev–Trinajstić information content (AvgIpc) is 3.51. The Hall–Kier alpha value is -2.47. The number of carboxylic acids is 1. The van der Waals surface area contributed by atoms with Gasteiger partial charge in [0.25, 0.3) is 0 Å². The lowest BCUT2D eigenvalue weighted by Crippen LogP contribution is -2.24. The number of thiophene rings is 1. The molecule has 0 aliphatic heterocycles. The number of aromatic nitrogens is 2. The van der Waals surface area contributed by atoms with Gasteiger partial charge in [-0.05, 0) is 60.2 Å². The molecule has 0 amide bonds. The minimum absolute atomic E-state index is 0.0501. The van der Waals surface area contributed by atoms with Crippen molar-refractivity contribution in [1.29, 1.82) is 0 Å². The molecule has 0 bridgehead atoms. The predicted octanol–water partition coefficient (Wildman–Crippen LogP) is 7.68. The molecule has 6 heteroatoms. The maximum Gasteiger partial charge on any atom is 0.303 e. The zero-order valence-corrected chi connectivity index (χ0v) is 22.1. The lowest BCUT2D eigenvalue weighted by molar-refractivity contribution is -0.138. The van der Waals surface area contributed by atoms with Crippen LogP contribution in [0.5, 0.6) is 0 Å². The summed E-state index contributed by atoms with van der Waals surface area (Å²) in [7, 11) is 0. The number of nitrogens with zero attached hydrogens (tertiary/aromatic N) is 2. The van der Waals surface area contributed by atoms with Crippen LogP contribution in [0, 0.1) is 17.8 Å². The molecule has 1 aromatic carbocycles. The van der Waals surface area contributed by atoms with Gasteiger partial charge < -0.3 is 9.67 Å². The minimum atomic E-state index is -0.799. The van der Waals surface area contributed by atoms with Gasteiger partial charge in [0.1, 0.15) is 5.82 Å². The third-order valence-corrected chi connectivity index (χ3v) is 9.47. The zero-order valence-electron chi connectivity index (χ0n) is 21.3. The monoisotopic (exact) mass is 506 g/mol. The van der Waals surface area contributed by atoms with E-state index in [2.05, 4.69) is 35.1 Å². The van der Waals surface area contributed by atoms with Gasteiger partial charge in [-0.2, -0.15) is 0 Å². The average molecular weight is 507 g/mol. The van der Waals surface area contributed by atoms with Crippen molar-refractivity contribution in [2.45, 2.75) is 90.0 Å². The Labute approximate surface area is 217 Å². The molecule has 3 aromatic rings. The Kier molecular flexibility index (Phi) is 7.90. The second kappa shape index (κ2) is 11.3. The van der Waals surface area contributed by atoms with Gasteiger partial charge in [-0.1, -0.05) is 57.9 Å². The number of hydrogen-bond acceptors (Lipinski definition) is 4. The van der Waals surface area contributed by atoms with Crippen LogP contribution in [0.3, 0.4) is 0 Å². The molecule has 2 aliphatic carbocycles. The van der Waals surface area contributed by atoms with Crippen molar-refractivity contribution in [3.63, 3.8) is 0 Å². The molecule has 5 nitrogen and oxygen atoms in total. The molecular formula is C30H38N2O3S. The fourth-order valence-corrected chi connectivity index (χ4v) is 7.36. The highest BCUT2D eigenvalue weighted by Crippen LogP contribution is 2.38. The topological polar surface area (TPSA) is 72.2 Å². The Morgan fingerprint density at radius 2 is 1.83 bits per heavy atom. The van der Waals surface area contributed by atoms with Crippen molar-refractivity contribution >= 4 is 34.1 Å². The second-order valence-corrected chi connectivity index (χ2v) is 12.1. The third kappa shape index (κ3) is 5.59. The summed E-state index contributed by atoms with van der Waals surface area (Å²) in [6, 6.07) is 10.7. The van der Waals surface area contributed by atoms with Crippen molar-refractivity contribution in [2.24, 2.45) is 17.8 Å². The summed E-state index contributed by atoms with van der Waals surface area (Å²) in [4.78, 5) is 31.4. The van der Waals surface area contributed by atoms with E-state index in [-0.39, 0.29) is 18.1 Å². The van der Waals surface area contributed by atoms with Crippen LogP contribution in [0.2, 0.25) is 0 Å². The molecular weight excluding hydrogens is 468 g/mol. The molecule has 2 aromatic heterocycles. The lowest BCUT2D eigenvalue weighted by atomic mass is 9.76. The molecule has 2 fully saturated rings. The van der Waals surface area contributed by atoms with Gasteiger partial charge in [0.2, 0.25) is 0 Å². The van der Waals surface area contributed by atoms with Crippen LogP contribution < -0.4 is 0 Å². The number of imidazole rings is 1. The zero-order chi connectivity index (χ0) is 25.1. The first-order valence-electron chi connectivity index (χ1n) is 13.8. The summed E-state index contributed by atoms with van der Waals surface area (Å²) >= 11 is 1.76. The van der Waals surface area contributed by atoms with Crippen molar-refractivity contribution in [3.05, 3.63) is 52.0 Å². The van der Waals surface area contributed by atoms with Crippen LogP contribution >= 0.6 is 11.3 Å². The highest BCUT2D eigenvalue weighted by molar-refractivity contribution is 7.09. The number of Topliss-reactive ketones (excluding diaryl/α,β-unsaturated/α-hetero) is 1. The van der Waals surface area contributed by atoms with Gasteiger partial charge in [0.15, 0.2) is 5.78 Å². The molecule has 0 saturated heterocycles. The first kappa shape index (κ1) is 25.2. The molecule has 2 saturated carbocycles. The van der Waals surface area contributed by atoms with E-state index < -0.39 is 5.97 Å². The van der Waals surface area contributed by atoms with Gasteiger partial charge in [-0.15, -0.1) is 11.3 Å².